The molecule has 1 aliphatic carbocycles. The van der Waals surface area contributed by atoms with Crippen molar-refractivity contribution in [2.24, 2.45) is 0 Å². The number of likely N-dealkylation sites (tertiary alicyclic amines) is 1. The molecule has 6 nitrogen and oxygen atoms in total. The summed E-state index contributed by atoms with van der Waals surface area (Å²) >= 11 is 0. The number of aliphatic hydroxyl groups is 1. The van der Waals surface area contributed by atoms with Crippen LogP contribution in [0.1, 0.15) is 49.7 Å². The first-order valence-corrected chi connectivity index (χ1v) is 10.9. The second-order valence-corrected chi connectivity index (χ2v) is 9.20. The quantitative estimate of drug-likeness (QED) is 0.713. The minimum Gasteiger partial charge on any atom is -0.378 e. The molecule has 3 aliphatic rings. The fourth-order valence-corrected chi connectivity index (χ4v) is 5.46. The number of rotatable bonds is 1. The average molecular weight is 404 g/mol. The normalized spacial score (nSPS) is 25.2. The van der Waals surface area contributed by atoms with Gasteiger partial charge in [0.15, 0.2) is 0 Å². The van der Waals surface area contributed by atoms with Gasteiger partial charge in [-0.2, -0.15) is 4.98 Å². The first kappa shape index (κ1) is 19.3. The number of hydrogen-bond acceptors (Lipinski definition) is 6. The van der Waals surface area contributed by atoms with Gasteiger partial charge in [-0.15, -0.1) is 0 Å². The van der Waals surface area contributed by atoms with Crippen LogP contribution in [-0.2, 0) is 5.41 Å². The zero-order valence-electron chi connectivity index (χ0n) is 17.6. The Hall–Kier alpha value is -2.62. The Labute approximate surface area is 178 Å². The summed E-state index contributed by atoms with van der Waals surface area (Å²) in [5.41, 5.74) is 8.58. The van der Waals surface area contributed by atoms with Crippen LogP contribution in [0.5, 0.6) is 0 Å². The minimum atomic E-state index is -0.826. The molecule has 1 aromatic carbocycles. The number of anilines is 3. The molecule has 6 heteroatoms. The number of hydrogen-bond donors (Lipinski definition) is 2. The molecule has 3 heterocycles. The van der Waals surface area contributed by atoms with Crippen LogP contribution in [0.3, 0.4) is 0 Å². The Kier molecular flexibility index (Phi) is 4.68. The van der Waals surface area contributed by atoms with E-state index in [0.29, 0.717) is 0 Å². The molecule has 2 aliphatic heterocycles. The Balaban J connectivity index is 1.57. The average Bonchev–Trinajstić information content (AvgIpc) is 3.29. The van der Waals surface area contributed by atoms with Crippen LogP contribution in [0.4, 0.5) is 17.5 Å². The molecule has 1 spiro atoms. The van der Waals surface area contributed by atoms with Gasteiger partial charge in [0.25, 0.3) is 0 Å². The first-order chi connectivity index (χ1) is 14.5. The predicted molar refractivity (Wildman–Crippen MR) is 119 cm³/mol. The summed E-state index contributed by atoms with van der Waals surface area (Å²) in [6.07, 6.45) is 7.70. The summed E-state index contributed by atoms with van der Waals surface area (Å²) < 4.78 is 0. The third kappa shape index (κ3) is 3.42. The molecule has 1 saturated heterocycles. The predicted octanol–water partition coefficient (Wildman–Crippen LogP) is 2.83. The van der Waals surface area contributed by atoms with Crippen LogP contribution in [-0.4, -0.2) is 52.3 Å². The van der Waals surface area contributed by atoms with Crippen LogP contribution in [0.2, 0.25) is 0 Å². The lowest BCUT2D eigenvalue weighted by atomic mass is 9.75. The fourth-order valence-electron chi connectivity index (χ4n) is 5.46. The molecule has 30 heavy (non-hydrogen) atoms. The molecule has 1 atom stereocenters. The third-order valence-electron chi connectivity index (χ3n) is 6.89. The number of piperidine rings is 1. The summed E-state index contributed by atoms with van der Waals surface area (Å²) in [7, 11) is 2.20. The van der Waals surface area contributed by atoms with E-state index in [1.807, 2.05) is 6.07 Å². The van der Waals surface area contributed by atoms with Crippen molar-refractivity contribution in [2.75, 3.05) is 37.3 Å². The Morgan fingerprint density at radius 2 is 1.93 bits per heavy atom. The highest BCUT2D eigenvalue weighted by atomic mass is 16.3. The van der Waals surface area contributed by atoms with Gasteiger partial charge in [-0.25, -0.2) is 4.98 Å². The van der Waals surface area contributed by atoms with E-state index in [2.05, 4.69) is 56.9 Å². The van der Waals surface area contributed by atoms with Crippen molar-refractivity contribution in [3.63, 3.8) is 0 Å². The van der Waals surface area contributed by atoms with Crippen LogP contribution in [0, 0.1) is 11.8 Å². The van der Waals surface area contributed by atoms with Gasteiger partial charge < -0.3 is 20.6 Å². The lowest BCUT2D eigenvalue weighted by Gasteiger charge is -2.39. The molecular formula is C24H29N5O. The maximum absolute atomic E-state index is 10.6. The molecule has 1 unspecified atom stereocenters. The zero-order valence-corrected chi connectivity index (χ0v) is 17.6. The molecule has 2 aromatic rings. The fraction of sp³-hybridized carbons (Fsp3) is 0.500. The summed E-state index contributed by atoms with van der Waals surface area (Å²) in [4.78, 5) is 13.3. The molecule has 2 fully saturated rings. The molecule has 3 N–H and O–H groups in total. The van der Waals surface area contributed by atoms with E-state index in [-0.39, 0.29) is 11.4 Å². The molecule has 0 radical (unpaired) electrons. The van der Waals surface area contributed by atoms with E-state index in [9.17, 15) is 5.11 Å². The van der Waals surface area contributed by atoms with E-state index in [0.717, 1.165) is 68.8 Å². The highest BCUT2D eigenvalue weighted by Gasteiger charge is 2.45. The van der Waals surface area contributed by atoms with Gasteiger partial charge in [-0.05, 0) is 75.9 Å². The van der Waals surface area contributed by atoms with Crippen molar-refractivity contribution < 1.29 is 5.11 Å². The minimum absolute atomic E-state index is 0.0810. The van der Waals surface area contributed by atoms with E-state index >= 15 is 0 Å². The van der Waals surface area contributed by atoms with Crippen LogP contribution < -0.4 is 10.6 Å². The molecule has 0 amide bonds. The van der Waals surface area contributed by atoms with Crippen molar-refractivity contribution in [2.45, 2.75) is 49.5 Å². The number of nitrogens with zero attached hydrogens (tertiary/aromatic N) is 4. The van der Waals surface area contributed by atoms with Gasteiger partial charge >= 0.3 is 0 Å². The molecule has 1 saturated carbocycles. The van der Waals surface area contributed by atoms with Crippen molar-refractivity contribution in [3.05, 3.63) is 41.6 Å². The van der Waals surface area contributed by atoms with E-state index in [1.54, 1.807) is 6.20 Å². The van der Waals surface area contributed by atoms with E-state index in [1.165, 1.54) is 12.0 Å². The van der Waals surface area contributed by atoms with Gasteiger partial charge in [-0.1, -0.05) is 17.9 Å². The highest BCUT2D eigenvalue weighted by molar-refractivity contribution is 5.73. The topological polar surface area (TPSA) is 78.5 Å². The SMILES string of the molecule is CN1CCCC2(C1)CN(c1ccnc(N)n1)c1cc(C#CC3(O)CCCC3)ccc12. The smallest absolute Gasteiger partial charge is 0.221 e. The summed E-state index contributed by atoms with van der Waals surface area (Å²) in [6, 6.07) is 8.42. The second kappa shape index (κ2) is 7.26. The molecule has 1 aromatic heterocycles. The standard InChI is InChI=1S/C24H29N5O/c1-28-14-4-9-23(16-28)17-29(21-8-13-26-22(25)27-21)20-15-18(5-6-19(20)23)7-12-24(30)10-2-3-11-24/h5-6,8,13,15,30H,2-4,9-11,14,16-17H2,1H3,(H2,25,26,27). The Bertz CT molecular complexity index is 1020. The van der Waals surface area contributed by atoms with Crippen molar-refractivity contribution in [1.29, 1.82) is 0 Å². The number of nitrogen functional groups attached to an aromatic ring is 1. The second-order valence-electron chi connectivity index (χ2n) is 9.20. The van der Waals surface area contributed by atoms with E-state index < -0.39 is 5.60 Å². The van der Waals surface area contributed by atoms with Crippen LogP contribution in [0.25, 0.3) is 0 Å². The van der Waals surface area contributed by atoms with Gasteiger partial charge in [0.05, 0.1) is 0 Å². The number of nitrogens with two attached hydrogens (primary N) is 1. The number of likely N-dealkylation sites (N-methyl/N-ethyl adjacent to an activating group) is 1. The van der Waals surface area contributed by atoms with Crippen molar-refractivity contribution in [3.8, 4) is 11.8 Å². The van der Waals surface area contributed by atoms with Crippen LogP contribution >= 0.6 is 0 Å². The lowest BCUT2D eigenvalue weighted by molar-refractivity contribution is 0.110. The third-order valence-corrected chi connectivity index (χ3v) is 6.89. The molecule has 156 valence electrons. The van der Waals surface area contributed by atoms with Gasteiger partial charge in [0, 0.05) is 36.0 Å². The molecule has 5 rings (SSSR count). The zero-order chi connectivity index (χ0) is 20.8. The Morgan fingerprint density at radius 1 is 1.10 bits per heavy atom. The maximum Gasteiger partial charge on any atom is 0.221 e. The Morgan fingerprint density at radius 3 is 2.70 bits per heavy atom. The monoisotopic (exact) mass is 403 g/mol. The summed E-state index contributed by atoms with van der Waals surface area (Å²) in [5.74, 6) is 7.50. The largest absolute Gasteiger partial charge is 0.378 e. The summed E-state index contributed by atoms with van der Waals surface area (Å²) in [5, 5.41) is 10.6. The van der Waals surface area contributed by atoms with Crippen molar-refractivity contribution >= 4 is 17.5 Å². The first-order valence-electron chi connectivity index (χ1n) is 10.9. The van der Waals surface area contributed by atoms with Gasteiger partial charge in [-0.3, -0.25) is 0 Å². The van der Waals surface area contributed by atoms with Crippen LogP contribution in [0.15, 0.2) is 30.5 Å². The molecule has 0 bridgehead atoms. The lowest BCUT2D eigenvalue weighted by Crippen LogP contribution is -2.46. The number of benzene rings is 1. The van der Waals surface area contributed by atoms with Gasteiger partial charge in [0.1, 0.15) is 11.4 Å². The van der Waals surface area contributed by atoms with E-state index in [4.69, 9.17) is 5.73 Å². The van der Waals surface area contributed by atoms with Crippen molar-refractivity contribution in [1.82, 2.24) is 14.9 Å². The summed E-state index contributed by atoms with van der Waals surface area (Å²) in [6.45, 7) is 3.05. The number of fused-ring (bicyclic) bond motifs is 2. The number of aromatic nitrogens is 2. The van der Waals surface area contributed by atoms with Gasteiger partial charge in [0.2, 0.25) is 5.95 Å². The highest BCUT2D eigenvalue weighted by Crippen LogP contribution is 2.48. The molecular weight excluding hydrogens is 374 g/mol. The maximum atomic E-state index is 10.6.